The summed E-state index contributed by atoms with van der Waals surface area (Å²) in [6, 6.07) is 22.7. The normalized spacial score (nSPS) is 12.0. The van der Waals surface area contributed by atoms with Gasteiger partial charge in [-0.15, -0.1) is 0 Å². The number of hydrogen-bond donors (Lipinski definition) is 0. The first-order valence-electron chi connectivity index (χ1n) is 11.3. The molecule has 2 aromatic heterocycles. The van der Waals surface area contributed by atoms with Crippen molar-refractivity contribution in [2.45, 2.75) is 19.5 Å². The lowest BCUT2D eigenvalue weighted by atomic mass is 10.1. The highest BCUT2D eigenvalue weighted by Crippen LogP contribution is 2.27. The Balaban J connectivity index is 1.70. The minimum atomic E-state index is -0.674. The zero-order valence-corrected chi connectivity index (χ0v) is 20.9. The van der Waals surface area contributed by atoms with Crippen LogP contribution in [-0.4, -0.2) is 20.4 Å². The van der Waals surface area contributed by atoms with Crippen molar-refractivity contribution in [3.8, 4) is 5.69 Å². The zero-order chi connectivity index (χ0) is 25.2. The maximum atomic E-state index is 14.0. The van der Waals surface area contributed by atoms with E-state index in [1.54, 1.807) is 43.3 Å². The Morgan fingerprint density at radius 2 is 1.83 bits per heavy atom. The van der Waals surface area contributed by atoms with Gasteiger partial charge in [0.15, 0.2) is 0 Å². The van der Waals surface area contributed by atoms with Crippen LogP contribution in [0.2, 0.25) is 0 Å². The molecule has 0 fully saturated rings. The third-order valence-corrected chi connectivity index (χ3v) is 6.50. The molecule has 180 valence electrons. The third kappa shape index (κ3) is 4.59. The van der Waals surface area contributed by atoms with Crippen molar-refractivity contribution in [3.05, 3.63) is 129 Å². The average Bonchev–Trinajstić information content (AvgIpc) is 3.41. The Kier molecular flexibility index (Phi) is 6.52. The predicted molar refractivity (Wildman–Crippen MR) is 138 cm³/mol. The summed E-state index contributed by atoms with van der Waals surface area (Å²) in [6.45, 7) is 1.90. The van der Waals surface area contributed by atoms with Crippen molar-refractivity contribution in [2.24, 2.45) is 0 Å². The Bertz CT molecular complexity index is 1600. The van der Waals surface area contributed by atoms with Crippen molar-refractivity contribution in [3.63, 3.8) is 0 Å². The molecule has 2 heterocycles. The highest BCUT2D eigenvalue weighted by molar-refractivity contribution is 9.10. The van der Waals surface area contributed by atoms with Crippen LogP contribution in [0.25, 0.3) is 16.6 Å². The summed E-state index contributed by atoms with van der Waals surface area (Å²) >= 11 is 3.43. The number of aromatic nitrogens is 2. The monoisotopic (exact) mass is 545 g/mol. The van der Waals surface area contributed by atoms with Gasteiger partial charge >= 0.3 is 0 Å². The van der Waals surface area contributed by atoms with E-state index >= 15 is 0 Å². The van der Waals surface area contributed by atoms with Gasteiger partial charge in [-0.25, -0.2) is 9.37 Å². The molecule has 5 rings (SSSR count). The quantitative estimate of drug-likeness (QED) is 0.251. The SMILES string of the molecule is CC(c1nc2ccccc2c(=O)n1-c1ccc(Br)cc1)N(Cc1ccco1)C(=O)c1cccc(F)c1. The number of furan rings is 1. The lowest BCUT2D eigenvalue weighted by Gasteiger charge is -2.30. The molecule has 0 radical (unpaired) electrons. The molecule has 6 nitrogen and oxygen atoms in total. The van der Waals surface area contributed by atoms with Gasteiger partial charge < -0.3 is 9.32 Å². The molecule has 0 saturated heterocycles. The fraction of sp³-hybridized carbons (Fsp3) is 0.107. The Hall–Kier alpha value is -4.04. The van der Waals surface area contributed by atoms with Crippen LogP contribution in [0.3, 0.4) is 0 Å². The number of rotatable bonds is 6. The molecular weight excluding hydrogens is 525 g/mol. The first kappa shape index (κ1) is 23.7. The van der Waals surface area contributed by atoms with Gasteiger partial charge in [0.1, 0.15) is 17.4 Å². The molecule has 0 spiro atoms. The van der Waals surface area contributed by atoms with Gasteiger partial charge in [0.25, 0.3) is 11.5 Å². The molecule has 0 bridgehead atoms. The first-order chi connectivity index (χ1) is 17.4. The highest BCUT2D eigenvalue weighted by Gasteiger charge is 2.28. The molecule has 1 unspecified atom stereocenters. The second-order valence-corrected chi connectivity index (χ2v) is 9.22. The van der Waals surface area contributed by atoms with Crippen LogP contribution < -0.4 is 5.56 Å². The number of halogens is 2. The lowest BCUT2D eigenvalue weighted by Crippen LogP contribution is -2.37. The van der Waals surface area contributed by atoms with Crippen LogP contribution in [0.5, 0.6) is 0 Å². The van der Waals surface area contributed by atoms with Gasteiger partial charge in [0.2, 0.25) is 0 Å². The van der Waals surface area contributed by atoms with Crippen LogP contribution in [0.15, 0.2) is 105 Å². The number of amides is 1. The van der Waals surface area contributed by atoms with Gasteiger partial charge in [0.05, 0.1) is 35.4 Å². The van der Waals surface area contributed by atoms with Crippen LogP contribution in [0, 0.1) is 5.82 Å². The summed E-state index contributed by atoms with van der Waals surface area (Å²) in [4.78, 5) is 33.7. The largest absolute Gasteiger partial charge is 0.467 e. The minimum absolute atomic E-state index is 0.104. The van der Waals surface area contributed by atoms with Crippen molar-refractivity contribution in [1.82, 2.24) is 14.5 Å². The van der Waals surface area contributed by atoms with Crippen LogP contribution in [0.1, 0.15) is 34.9 Å². The molecule has 3 aromatic carbocycles. The summed E-state index contributed by atoms with van der Waals surface area (Å²) in [5, 5.41) is 0.463. The Morgan fingerprint density at radius 1 is 1.06 bits per heavy atom. The molecule has 0 N–H and O–H groups in total. The number of carbonyl (C=O) groups excluding carboxylic acids is 1. The highest BCUT2D eigenvalue weighted by atomic mass is 79.9. The summed E-state index contributed by atoms with van der Waals surface area (Å²) in [5.41, 5.74) is 1.07. The van der Waals surface area contributed by atoms with E-state index in [2.05, 4.69) is 15.9 Å². The van der Waals surface area contributed by atoms with E-state index in [1.165, 1.54) is 33.9 Å². The van der Waals surface area contributed by atoms with E-state index in [4.69, 9.17) is 9.40 Å². The number of carbonyl (C=O) groups is 1. The van der Waals surface area contributed by atoms with Crippen LogP contribution in [0.4, 0.5) is 4.39 Å². The number of para-hydroxylation sites is 1. The van der Waals surface area contributed by atoms with Gasteiger partial charge in [-0.05, 0) is 73.7 Å². The molecule has 0 aliphatic rings. The van der Waals surface area contributed by atoms with Crippen LogP contribution in [-0.2, 0) is 6.54 Å². The maximum absolute atomic E-state index is 14.0. The predicted octanol–water partition coefficient (Wildman–Crippen LogP) is 6.28. The van der Waals surface area contributed by atoms with Crippen molar-refractivity contribution >= 4 is 32.7 Å². The number of hydrogen-bond acceptors (Lipinski definition) is 4. The second kappa shape index (κ2) is 9.91. The van der Waals surface area contributed by atoms with E-state index in [9.17, 15) is 14.0 Å². The summed E-state index contributed by atoms with van der Waals surface area (Å²) in [5.74, 6) is -0.00696. The van der Waals surface area contributed by atoms with Crippen molar-refractivity contribution in [2.75, 3.05) is 0 Å². The van der Waals surface area contributed by atoms with E-state index in [-0.39, 0.29) is 17.7 Å². The topological polar surface area (TPSA) is 68.3 Å². The Labute approximate surface area is 214 Å². The summed E-state index contributed by atoms with van der Waals surface area (Å²) in [6.07, 6.45) is 1.52. The van der Waals surface area contributed by atoms with E-state index in [1.807, 2.05) is 30.3 Å². The van der Waals surface area contributed by atoms with E-state index in [0.29, 0.717) is 28.2 Å². The van der Waals surface area contributed by atoms with Gasteiger partial charge in [0, 0.05) is 10.0 Å². The molecule has 36 heavy (non-hydrogen) atoms. The maximum Gasteiger partial charge on any atom is 0.266 e. The standard InChI is InChI=1S/C28H21BrFN3O3/c1-18(32(17-23-8-5-15-36-23)27(34)19-6-4-7-21(30)16-19)26-31-25-10-3-2-9-24(25)28(35)33(26)22-13-11-20(29)12-14-22/h2-16,18H,17H2,1H3. The smallest absolute Gasteiger partial charge is 0.266 e. The number of nitrogens with zero attached hydrogens (tertiary/aromatic N) is 3. The van der Waals surface area contributed by atoms with Crippen molar-refractivity contribution in [1.29, 1.82) is 0 Å². The molecule has 0 aliphatic heterocycles. The lowest BCUT2D eigenvalue weighted by molar-refractivity contribution is 0.0648. The number of fused-ring (bicyclic) bond motifs is 1. The molecule has 0 aliphatic carbocycles. The fourth-order valence-corrected chi connectivity index (χ4v) is 4.42. The zero-order valence-electron chi connectivity index (χ0n) is 19.3. The molecule has 8 heteroatoms. The molecule has 1 amide bonds. The number of benzene rings is 3. The average molecular weight is 546 g/mol. The minimum Gasteiger partial charge on any atom is -0.467 e. The van der Waals surface area contributed by atoms with Gasteiger partial charge in [-0.3, -0.25) is 14.2 Å². The molecule has 0 saturated carbocycles. The van der Waals surface area contributed by atoms with E-state index in [0.717, 1.165) is 4.47 Å². The third-order valence-electron chi connectivity index (χ3n) is 5.97. The van der Waals surface area contributed by atoms with E-state index < -0.39 is 17.8 Å². The Morgan fingerprint density at radius 3 is 2.56 bits per heavy atom. The first-order valence-corrected chi connectivity index (χ1v) is 12.1. The fourth-order valence-electron chi connectivity index (χ4n) is 4.15. The van der Waals surface area contributed by atoms with Crippen molar-refractivity contribution < 1.29 is 13.6 Å². The van der Waals surface area contributed by atoms with Gasteiger partial charge in [-0.2, -0.15) is 0 Å². The molecular formula is C28H21BrFN3O3. The van der Waals surface area contributed by atoms with Gasteiger partial charge in [-0.1, -0.05) is 34.1 Å². The summed E-state index contributed by atoms with van der Waals surface area (Å²) in [7, 11) is 0. The second-order valence-electron chi connectivity index (χ2n) is 8.30. The molecule has 1 atom stereocenters. The summed E-state index contributed by atoms with van der Waals surface area (Å²) < 4.78 is 21.9. The van der Waals surface area contributed by atoms with Crippen LogP contribution >= 0.6 is 15.9 Å². The molecule has 5 aromatic rings.